The summed E-state index contributed by atoms with van der Waals surface area (Å²) in [4.78, 5) is 10.7. The number of hydrogen-bond acceptors (Lipinski definition) is 2. The van der Waals surface area contributed by atoms with E-state index >= 15 is 0 Å². The van der Waals surface area contributed by atoms with Crippen molar-refractivity contribution in [3.8, 4) is 0 Å². The zero-order valence-corrected chi connectivity index (χ0v) is 10.7. The smallest absolute Gasteiger partial charge is 0.332 e. The fraction of sp³-hybridized carbons (Fsp3) is 0.429. The number of aryl methyl sites for hydroxylation is 2. The Kier molecular flexibility index (Phi) is 3.97. The molecule has 0 saturated carbocycles. The Morgan fingerprint density at radius 2 is 2.06 bits per heavy atom. The summed E-state index contributed by atoms with van der Waals surface area (Å²) < 4.78 is 0. The summed E-state index contributed by atoms with van der Waals surface area (Å²) in [5, 5.41) is 4.05. The lowest BCUT2D eigenvalue weighted by atomic mass is 9.89. The maximum atomic E-state index is 10.7. The predicted octanol–water partition coefficient (Wildman–Crippen LogP) is 2.35. The minimum atomic E-state index is -0.626. The minimum absolute atomic E-state index is 0.626. The number of benzene rings is 1. The van der Waals surface area contributed by atoms with Gasteiger partial charge in [-0.25, -0.2) is 10.2 Å². The molecular formula is C14H19N3O. The maximum absolute atomic E-state index is 10.7. The van der Waals surface area contributed by atoms with E-state index in [1.165, 1.54) is 30.4 Å². The molecule has 0 bridgehead atoms. The van der Waals surface area contributed by atoms with Gasteiger partial charge in [0.05, 0.1) is 5.71 Å². The molecule has 1 aliphatic carbocycles. The number of hydrogen-bond donors (Lipinski definition) is 2. The van der Waals surface area contributed by atoms with E-state index in [9.17, 15) is 4.79 Å². The zero-order valence-electron chi connectivity index (χ0n) is 10.7. The number of primary amides is 1. The van der Waals surface area contributed by atoms with E-state index in [0.717, 1.165) is 24.1 Å². The second-order valence-corrected chi connectivity index (χ2v) is 4.58. The molecule has 4 heteroatoms. The first-order valence-electron chi connectivity index (χ1n) is 6.45. The van der Waals surface area contributed by atoms with Crippen LogP contribution in [0.25, 0.3) is 0 Å². The van der Waals surface area contributed by atoms with Gasteiger partial charge in [-0.3, -0.25) is 0 Å². The summed E-state index contributed by atoms with van der Waals surface area (Å²) in [6, 6.07) is 5.83. The van der Waals surface area contributed by atoms with Crippen LogP contribution in [-0.2, 0) is 12.8 Å². The van der Waals surface area contributed by atoms with Crippen molar-refractivity contribution in [2.24, 2.45) is 10.8 Å². The quantitative estimate of drug-likeness (QED) is 0.623. The molecule has 0 aromatic heterocycles. The summed E-state index contributed by atoms with van der Waals surface area (Å²) in [6.45, 7) is 2.01. The van der Waals surface area contributed by atoms with Crippen LogP contribution in [0.2, 0.25) is 0 Å². The lowest BCUT2D eigenvalue weighted by Gasteiger charge is -2.16. The SMILES string of the molecule is CCC(=NNC(N)=O)c1ccc2c(c1)CCCC2. The molecule has 1 aromatic rings. The van der Waals surface area contributed by atoms with Gasteiger partial charge in [0, 0.05) is 0 Å². The van der Waals surface area contributed by atoms with Crippen molar-refractivity contribution >= 4 is 11.7 Å². The van der Waals surface area contributed by atoms with Crippen molar-refractivity contribution in [2.75, 3.05) is 0 Å². The first-order valence-corrected chi connectivity index (χ1v) is 6.45. The molecule has 0 spiro atoms. The highest BCUT2D eigenvalue weighted by Crippen LogP contribution is 2.22. The average Bonchev–Trinajstić information content (AvgIpc) is 2.39. The highest BCUT2D eigenvalue weighted by atomic mass is 16.2. The number of carbonyl (C=O) groups is 1. The summed E-state index contributed by atoms with van der Waals surface area (Å²) in [5.41, 5.74) is 12.1. The number of hydrazone groups is 1. The lowest BCUT2D eigenvalue weighted by Crippen LogP contribution is -2.26. The van der Waals surface area contributed by atoms with Gasteiger partial charge in [0.2, 0.25) is 0 Å². The van der Waals surface area contributed by atoms with Gasteiger partial charge >= 0.3 is 6.03 Å². The molecule has 1 aliphatic rings. The molecular weight excluding hydrogens is 226 g/mol. The molecule has 18 heavy (non-hydrogen) atoms. The van der Waals surface area contributed by atoms with Crippen molar-refractivity contribution in [3.63, 3.8) is 0 Å². The van der Waals surface area contributed by atoms with Crippen LogP contribution in [0.15, 0.2) is 23.3 Å². The molecule has 0 fully saturated rings. The zero-order chi connectivity index (χ0) is 13.0. The van der Waals surface area contributed by atoms with E-state index in [1.807, 2.05) is 6.92 Å². The number of nitrogens with two attached hydrogens (primary N) is 1. The largest absolute Gasteiger partial charge is 0.350 e. The lowest BCUT2D eigenvalue weighted by molar-refractivity contribution is 0.249. The van der Waals surface area contributed by atoms with Crippen molar-refractivity contribution in [3.05, 3.63) is 34.9 Å². The Labute approximate surface area is 107 Å². The van der Waals surface area contributed by atoms with Gasteiger partial charge in [-0.2, -0.15) is 5.10 Å². The molecule has 1 aromatic carbocycles. The van der Waals surface area contributed by atoms with Gasteiger partial charge in [0.25, 0.3) is 0 Å². The van der Waals surface area contributed by atoms with E-state index in [1.54, 1.807) is 0 Å². The molecule has 0 aliphatic heterocycles. The molecule has 0 radical (unpaired) electrons. The van der Waals surface area contributed by atoms with Gasteiger partial charge in [-0.1, -0.05) is 19.1 Å². The van der Waals surface area contributed by atoms with Crippen LogP contribution in [0, 0.1) is 0 Å². The third kappa shape index (κ3) is 2.88. The summed E-state index contributed by atoms with van der Waals surface area (Å²) in [7, 11) is 0. The summed E-state index contributed by atoms with van der Waals surface area (Å²) in [5.74, 6) is 0. The monoisotopic (exact) mass is 245 g/mol. The molecule has 0 saturated heterocycles. The summed E-state index contributed by atoms with van der Waals surface area (Å²) in [6.07, 6.45) is 5.62. The molecule has 4 nitrogen and oxygen atoms in total. The topological polar surface area (TPSA) is 67.5 Å². The van der Waals surface area contributed by atoms with Gasteiger partial charge < -0.3 is 5.73 Å². The standard InChI is InChI=1S/C14H19N3O/c1-2-13(16-17-14(15)18)12-8-7-10-5-3-4-6-11(10)9-12/h7-9H,2-6H2,1H3,(H3,15,17,18). The molecule has 2 amide bonds. The van der Waals surface area contributed by atoms with Gasteiger partial charge in [0.15, 0.2) is 0 Å². The van der Waals surface area contributed by atoms with E-state index < -0.39 is 6.03 Å². The minimum Gasteiger partial charge on any atom is -0.350 e. The molecule has 0 heterocycles. The van der Waals surface area contributed by atoms with Crippen molar-refractivity contribution in [1.82, 2.24) is 5.43 Å². The van der Waals surface area contributed by atoms with Crippen LogP contribution in [0.4, 0.5) is 4.79 Å². The number of nitrogens with zero attached hydrogens (tertiary/aromatic N) is 1. The molecule has 0 unspecified atom stereocenters. The number of fused-ring (bicyclic) bond motifs is 1. The Hall–Kier alpha value is -1.84. The third-order valence-corrected chi connectivity index (χ3v) is 3.32. The fourth-order valence-electron chi connectivity index (χ4n) is 2.38. The maximum Gasteiger partial charge on any atom is 0.332 e. The normalized spacial score (nSPS) is 15.1. The Bertz CT molecular complexity index is 480. The van der Waals surface area contributed by atoms with Crippen LogP contribution < -0.4 is 11.2 Å². The Morgan fingerprint density at radius 3 is 2.72 bits per heavy atom. The number of amides is 2. The second-order valence-electron chi connectivity index (χ2n) is 4.58. The van der Waals surface area contributed by atoms with Crippen LogP contribution in [0.5, 0.6) is 0 Å². The highest BCUT2D eigenvalue weighted by molar-refractivity contribution is 6.01. The predicted molar refractivity (Wildman–Crippen MR) is 72.6 cm³/mol. The van der Waals surface area contributed by atoms with E-state index in [4.69, 9.17) is 5.73 Å². The second kappa shape index (κ2) is 5.67. The van der Waals surface area contributed by atoms with Crippen LogP contribution >= 0.6 is 0 Å². The van der Waals surface area contributed by atoms with Crippen molar-refractivity contribution in [1.29, 1.82) is 0 Å². The fourth-order valence-corrected chi connectivity index (χ4v) is 2.38. The van der Waals surface area contributed by atoms with Crippen molar-refractivity contribution < 1.29 is 4.79 Å². The molecule has 3 N–H and O–H groups in total. The van der Waals surface area contributed by atoms with Gasteiger partial charge in [0.1, 0.15) is 0 Å². The van der Waals surface area contributed by atoms with Gasteiger partial charge in [-0.05, 0) is 54.9 Å². The number of rotatable bonds is 3. The number of urea groups is 1. The summed E-state index contributed by atoms with van der Waals surface area (Å²) >= 11 is 0. The first kappa shape index (κ1) is 12.6. The molecule has 2 rings (SSSR count). The van der Waals surface area contributed by atoms with Crippen LogP contribution in [0.3, 0.4) is 0 Å². The van der Waals surface area contributed by atoms with E-state index in [0.29, 0.717) is 0 Å². The van der Waals surface area contributed by atoms with Gasteiger partial charge in [-0.15, -0.1) is 0 Å². The average molecular weight is 245 g/mol. The number of carbonyl (C=O) groups excluding carboxylic acids is 1. The van der Waals surface area contributed by atoms with Crippen LogP contribution in [-0.4, -0.2) is 11.7 Å². The number of nitrogens with one attached hydrogen (secondary N) is 1. The third-order valence-electron chi connectivity index (χ3n) is 3.32. The van der Waals surface area contributed by atoms with Crippen molar-refractivity contribution in [2.45, 2.75) is 39.0 Å². The highest BCUT2D eigenvalue weighted by Gasteiger charge is 2.11. The molecule has 0 atom stereocenters. The first-order chi connectivity index (χ1) is 8.70. The van der Waals surface area contributed by atoms with E-state index in [2.05, 4.69) is 28.7 Å². The molecule has 96 valence electrons. The Balaban J connectivity index is 2.26. The Morgan fingerprint density at radius 1 is 1.33 bits per heavy atom. The van der Waals surface area contributed by atoms with Crippen LogP contribution in [0.1, 0.15) is 42.9 Å². The van der Waals surface area contributed by atoms with E-state index in [-0.39, 0.29) is 0 Å².